The number of nitrogens with one attached hydrogen (secondary N) is 1. The van der Waals surface area contributed by atoms with Crippen LogP contribution in [0.25, 0.3) is 0 Å². The van der Waals surface area contributed by atoms with E-state index in [2.05, 4.69) is 21.2 Å². The molecule has 2 N–H and O–H groups in total. The molecule has 0 fully saturated rings. The molecule has 0 amide bonds. The van der Waals surface area contributed by atoms with Crippen LogP contribution in [0.3, 0.4) is 0 Å². The molecular weight excluding hydrogens is 493 g/mol. The Kier molecular flexibility index (Phi) is 9.75. The number of carboxylic acid groups (broad SMARTS) is 1. The zero-order chi connectivity index (χ0) is 22.3. The van der Waals surface area contributed by atoms with Crippen molar-refractivity contribution >= 4 is 45.1 Å². The predicted molar refractivity (Wildman–Crippen MR) is 124 cm³/mol. The lowest BCUT2D eigenvalue weighted by molar-refractivity contribution is -0.140. The number of hydrogen-bond donors (Lipinski definition) is 2. The van der Waals surface area contributed by atoms with Gasteiger partial charge in [-0.1, -0.05) is 59.0 Å². The highest BCUT2D eigenvalue weighted by Crippen LogP contribution is 2.35. The van der Waals surface area contributed by atoms with Crippen molar-refractivity contribution in [2.24, 2.45) is 5.92 Å². The summed E-state index contributed by atoms with van der Waals surface area (Å²) in [5.74, 6) is 0.520. The second-order valence-corrected chi connectivity index (χ2v) is 8.88. The van der Waals surface area contributed by atoms with Crippen LogP contribution in [0.15, 0.2) is 34.8 Å². The number of rotatable bonds is 11. The minimum absolute atomic E-state index is 0.193. The van der Waals surface area contributed by atoms with Crippen LogP contribution in [-0.2, 0) is 17.9 Å². The lowest BCUT2D eigenvalue weighted by Gasteiger charge is -2.19. The molecule has 0 radical (unpaired) electrons. The SMILES string of the molecule is CCOc1cc(CNC(CC(C)C)C(=O)O)c(Br)cc1OCc1c(Cl)cccc1Cl. The van der Waals surface area contributed by atoms with E-state index >= 15 is 0 Å². The fourth-order valence-electron chi connectivity index (χ4n) is 2.89. The first kappa shape index (κ1) is 24.8. The van der Waals surface area contributed by atoms with Crippen LogP contribution >= 0.6 is 39.1 Å². The Balaban J connectivity index is 2.19. The molecule has 1 unspecified atom stereocenters. The highest BCUT2D eigenvalue weighted by Gasteiger charge is 2.19. The van der Waals surface area contributed by atoms with E-state index < -0.39 is 12.0 Å². The smallest absolute Gasteiger partial charge is 0.320 e. The van der Waals surface area contributed by atoms with Crippen LogP contribution in [-0.4, -0.2) is 23.7 Å². The number of hydrogen-bond acceptors (Lipinski definition) is 4. The monoisotopic (exact) mass is 517 g/mol. The van der Waals surface area contributed by atoms with E-state index in [4.69, 9.17) is 32.7 Å². The van der Waals surface area contributed by atoms with Gasteiger partial charge in [0.2, 0.25) is 0 Å². The molecule has 2 rings (SSSR count). The van der Waals surface area contributed by atoms with Gasteiger partial charge in [0.25, 0.3) is 0 Å². The van der Waals surface area contributed by atoms with E-state index in [0.29, 0.717) is 46.7 Å². The first-order valence-electron chi connectivity index (χ1n) is 9.70. The second-order valence-electron chi connectivity index (χ2n) is 7.21. The molecule has 2 aromatic rings. The number of carbonyl (C=O) groups is 1. The summed E-state index contributed by atoms with van der Waals surface area (Å²) in [4.78, 5) is 11.5. The van der Waals surface area contributed by atoms with Crippen molar-refractivity contribution in [1.29, 1.82) is 0 Å². The van der Waals surface area contributed by atoms with Crippen LogP contribution in [0.2, 0.25) is 10.0 Å². The van der Waals surface area contributed by atoms with Gasteiger partial charge < -0.3 is 19.9 Å². The van der Waals surface area contributed by atoms with E-state index in [1.54, 1.807) is 18.2 Å². The van der Waals surface area contributed by atoms with Crippen molar-refractivity contribution < 1.29 is 19.4 Å². The summed E-state index contributed by atoms with van der Waals surface area (Å²) in [6, 6.07) is 8.34. The molecule has 0 aliphatic heterocycles. The molecule has 0 saturated heterocycles. The molecule has 1 atom stereocenters. The Morgan fingerprint density at radius 1 is 1.17 bits per heavy atom. The van der Waals surface area contributed by atoms with Gasteiger partial charge in [0.15, 0.2) is 11.5 Å². The summed E-state index contributed by atoms with van der Waals surface area (Å²) in [5.41, 5.74) is 1.57. The third-order valence-corrected chi connectivity index (χ3v) is 5.84. The van der Waals surface area contributed by atoms with Gasteiger partial charge in [0.1, 0.15) is 12.6 Å². The van der Waals surface area contributed by atoms with Gasteiger partial charge in [-0.15, -0.1) is 0 Å². The molecule has 0 aromatic heterocycles. The van der Waals surface area contributed by atoms with E-state index in [0.717, 1.165) is 10.0 Å². The van der Waals surface area contributed by atoms with Crippen LogP contribution in [0.1, 0.15) is 38.3 Å². The summed E-state index contributed by atoms with van der Waals surface area (Å²) in [5, 5.41) is 13.6. The zero-order valence-electron chi connectivity index (χ0n) is 17.2. The Morgan fingerprint density at radius 2 is 1.80 bits per heavy atom. The first-order chi connectivity index (χ1) is 14.2. The Morgan fingerprint density at radius 3 is 2.37 bits per heavy atom. The van der Waals surface area contributed by atoms with Crippen molar-refractivity contribution in [2.45, 2.75) is 46.4 Å². The minimum Gasteiger partial charge on any atom is -0.490 e. The van der Waals surface area contributed by atoms with Gasteiger partial charge in [-0.05, 0) is 49.1 Å². The Hall–Kier alpha value is -1.47. The molecule has 5 nitrogen and oxygen atoms in total. The average Bonchev–Trinajstić information content (AvgIpc) is 2.66. The maximum Gasteiger partial charge on any atom is 0.320 e. The lowest BCUT2D eigenvalue weighted by atomic mass is 10.0. The van der Waals surface area contributed by atoms with Crippen molar-refractivity contribution in [3.63, 3.8) is 0 Å². The quantitative estimate of drug-likeness (QED) is 0.364. The maximum absolute atomic E-state index is 11.5. The Bertz CT molecular complexity index is 856. The fourth-order valence-corrected chi connectivity index (χ4v) is 3.86. The van der Waals surface area contributed by atoms with E-state index in [1.807, 2.05) is 32.9 Å². The summed E-state index contributed by atoms with van der Waals surface area (Å²) in [6.07, 6.45) is 0.547. The van der Waals surface area contributed by atoms with Crippen LogP contribution in [0, 0.1) is 5.92 Å². The summed E-state index contributed by atoms with van der Waals surface area (Å²) >= 11 is 16.0. The van der Waals surface area contributed by atoms with Crippen molar-refractivity contribution in [3.05, 3.63) is 56.0 Å². The topological polar surface area (TPSA) is 67.8 Å². The van der Waals surface area contributed by atoms with Crippen molar-refractivity contribution in [3.8, 4) is 11.5 Å². The second kappa shape index (κ2) is 11.8. The summed E-state index contributed by atoms with van der Waals surface area (Å²) in [7, 11) is 0. The van der Waals surface area contributed by atoms with Gasteiger partial charge in [0, 0.05) is 26.6 Å². The van der Waals surface area contributed by atoms with Crippen molar-refractivity contribution in [1.82, 2.24) is 5.32 Å². The standard InChI is InChI=1S/C22H26BrCl2NO4/c1-4-29-20-9-14(11-26-19(22(27)28)8-13(2)3)16(23)10-21(20)30-12-15-17(24)6-5-7-18(15)25/h5-7,9-10,13,19,26H,4,8,11-12H2,1-3H3,(H,27,28). The first-order valence-corrected chi connectivity index (χ1v) is 11.2. The highest BCUT2D eigenvalue weighted by atomic mass is 79.9. The van der Waals surface area contributed by atoms with Crippen LogP contribution in [0.4, 0.5) is 0 Å². The molecular formula is C22H26BrCl2NO4. The van der Waals surface area contributed by atoms with Gasteiger partial charge in [-0.25, -0.2) is 0 Å². The predicted octanol–water partition coefficient (Wildman–Crippen LogP) is 6.32. The molecule has 0 aliphatic rings. The Labute approximate surface area is 195 Å². The van der Waals surface area contributed by atoms with Crippen molar-refractivity contribution in [2.75, 3.05) is 6.61 Å². The molecule has 0 spiro atoms. The number of aliphatic carboxylic acids is 1. The summed E-state index contributed by atoms with van der Waals surface area (Å²) < 4.78 is 12.5. The normalized spacial score (nSPS) is 12.1. The van der Waals surface area contributed by atoms with E-state index in [9.17, 15) is 9.90 Å². The van der Waals surface area contributed by atoms with Crippen LogP contribution < -0.4 is 14.8 Å². The molecule has 0 aliphatic carbocycles. The largest absolute Gasteiger partial charge is 0.490 e. The van der Waals surface area contributed by atoms with E-state index in [1.165, 1.54) is 0 Å². The molecule has 0 saturated carbocycles. The van der Waals surface area contributed by atoms with Gasteiger partial charge in [0.05, 0.1) is 6.61 Å². The van der Waals surface area contributed by atoms with E-state index in [-0.39, 0.29) is 12.5 Å². The molecule has 2 aromatic carbocycles. The zero-order valence-corrected chi connectivity index (χ0v) is 20.3. The summed E-state index contributed by atoms with van der Waals surface area (Å²) in [6.45, 7) is 6.91. The third kappa shape index (κ3) is 7.05. The van der Waals surface area contributed by atoms with Crippen LogP contribution in [0.5, 0.6) is 11.5 Å². The highest BCUT2D eigenvalue weighted by molar-refractivity contribution is 9.10. The lowest BCUT2D eigenvalue weighted by Crippen LogP contribution is -2.37. The minimum atomic E-state index is -0.860. The van der Waals surface area contributed by atoms with Gasteiger partial charge in [-0.2, -0.15) is 0 Å². The number of benzene rings is 2. The molecule has 0 bridgehead atoms. The molecule has 30 heavy (non-hydrogen) atoms. The molecule has 164 valence electrons. The van der Waals surface area contributed by atoms with Gasteiger partial charge >= 0.3 is 5.97 Å². The molecule has 0 heterocycles. The fraction of sp³-hybridized carbons (Fsp3) is 0.409. The maximum atomic E-state index is 11.5. The average molecular weight is 519 g/mol. The number of halogens is 3. The van der Waals surface area contributed by atoms with Gasteiger partial charge in [-0.3, -0.25) is 4.79 Å². The molecule has 8 heteroatoms. The third-order valence-electron chi connectivity index (χ3n) is 4.39. The number of ether oxygens (including phenoxy) is 2. The number of carboxylic acids is 1.